The van der Waals surface area contributed by atoms with Crippen LogP contribution in [0.2, 0.25) is 0 Å². The summed E-state index contributed by atoms with van der Waals surface area (Å²) in [5.74, 6) is -0.318. The smallest absolute Gasteiger partial charge is 0.195 e. The summed E-state index contributed by atoms with van der Waals surface area (Å²) >= 11 is 5.11. The van der Waals surface area contributed by atoms with Crippen LogP contribution >= 0.6 is 11.6 Å². The van der Waals surface area contributed by atoms with E-state index in [0.29, 0.717) is 0 Å². The molecule has 38 valence electrons. The normalized spacial score (nSPS) is 7.57. The summed E-state index contributed by atoms with van der Waals surface area (Å²) < 4.78 is 0. The van der Waals surface area contributed by atoms with E-state index in [1.165, 1.54) is 0 Å². The molecule has 0 amide bonds. The number of allylic oxidation sites excluding steroid dienone is 2. The quantitative estimate of drug-likeness (QED) is 0.500. The molecule has 0 unspecified atom stereocenters. The second-order valence-electron chi connectivity index (χ2n) is 0.973. The highest BCUT2D eigenvalue weighted by Crippen LogP contribution is 1.96. The fraction of sp³-hybridized carbons (Fsp3) is 0. The average Bonchev–Trinajstić information content (AvgIpc) is 1.65. The Morgan fingerprint density at radius 2 is 2.14 bits per heavy atom. The number of halogens is 1. The molecule has 0 aromatic rings. The summed E-state index contributed by atoms with van der Waals surface area (Å²) in [4.78, 5) is 10.2. The molecule has 0 aliphatic carbocycles. The standard InChI is InChI=1S/C5H5ClO/c1-3-5(7)4(2)6/h3H,1-2H2. The predicted octanol–water partition coefficient (Wildman–Crippen LogP) is 1.49. The fourth-order valence-electron chi connectivity index (χ4n) is 0.111. The van der Waals surface area contributed by atoms with Crippen molar-refractivity contribution in [2.24, 2.45) is 0 Å². The first kappa shape index (κ1) is 6.44. The zero-order chi connectivity index (χ0) is 5.86. The van der Waals surface area contributed by atoms with Gasteiger partial charge < -0.3 is 0 Å². The van der Waals surface area contributed by atoms with Gasteiger partial charge in [0.25, 0.3) is 0 Å². The molecule has 0 spiro atoms. The molecule has 0 bridgehead atoms. The first-order chi connectivity index (χ1) is 3.18. The molecule has 0 fully saturated rings. The molecule has 0 heterocycles. The van der Waals surface area contributed by atoms with Gasteiger partial charge in [-0.25, -0.2) is 0 Å². The third-order valence-electron chi connectivity index (χ3n) is 0.453. The molecule has 0 saturated heterocycles. The highest BCUT2D eigenvalue weighted by molar-refractivity contribution is 6.43. The van der Waals surface area contributed by atoms with Crippen molar-refractivity contribution >= 4 is 17.4 Å². The third kappa shape index (κ3) is 2.18. The van der Waals surface area contributed by atoms with E-state index in [-0.39, 0.29) is 10.8 Å². The van der Waals surface area contributed by atoms with Crippen LogP contribution in [-0.4, -0.2) is 5.78 Å². The van der Waals surface area contributed by atoms with Crippen LogP contribution in [0.4, 0.5) is 0 Å². The summed E-state index contributed by atoms with van der Waals surface area (Å²) in [7, 11) is 0. The van der Waals surface area contributed by atoms with Gasteiger partial charge in [0, 0.05) is 0 Å². The van der Waals surface area contributed by atoms with Gasteiger partial charge in [-0.05, 0) is 6.08 Å². The molecule has 0 atom stereocenters. The van der Waals surface area contributed by atoms with Crippen LogP contribution in [0.25, 0.3) is 0 Å². The first-order valence-corrected chi connectivity index (χ1v) is 2.07. The maximum atomic E-state index is 10.2. The average molecular weight is 117 g/mol. The Bertz CT molecular complexity index is 115. The Morgan fingerprint density at radius 3 is 2.14 bits per heavy atom. The van der Waals surface area contributed by atoms with Gasteiger partial charge in [0.2, 0.25) is 0 Å². The Labute approximate surface area is 47.3 Å². The third-order valence-corrected chi connectivity index (χ3v) is 0.639. The molecule has 7 heavy (non-hydrogen) atoms. The lowest BCUT2D eigenvalue weighted by Gasteiger charge is -1.80. The molecular formula is C5H5ClO. The second kappa shape index (κ2) is 2.59. The van der Waals surface area contributed by atoms with Crippen molar-refractivity contribution in [3.8, 4) is 0 Å². The Hall–Kier alpha value is -0.560. The molecule has 0 saturated carbocycles. The monoisotopic (exact) mass is 116 g/mol. The summed E-state index contributed by atoms with van der Waals surface area (Å²) in [6.07, 6.45) is 1.12. The molecule has 0 aliphatic heterocycles. The van der Waals surface area contributed by atoms with Gasteiger partial charge >= 0.3 is 0 Å². The summed E-state index contributed by atoms with van der Waals surface area (Å²) in [6.45, 7) is 6.36. The molecular weight excluding hydrogens is 112 g/mol. The van der Waals surface area contributed by atoms with Crippen molar-refractivity contribution in [3.63, 3.8) is 0 Å². The van der Waals surface area contributed by atoms with E-state index in [2.05, 4.69) is 13.2 Å². The Kier molecular flexibility index (Phi) is 2.38. The highest BCUT2D eigenvalue weighted by Gasteiger charge is 1.93. The van der Waals surface area contributed by atoms with E-state index in [1.807, 2.05) is 0 Å². The van der Waals surface area contributed by atoms with E-state index in [0.717, 1.165) is 6.08 Å². The van der Waals surface area contributed by atoms with Crippen molar-refractivity contribution in [2.75, 3.05) is 0 Å². The number of ketones is 1. The van der Waals surface area contributed by atoms with E-state index >= 15 is 0 Å². The minimum atomic E-state index is -0.318. The largest absolute Gasteiger partial charge is 0.288 e. The highest BCUT2D eigenvalue weighted by atomic mass is 35.5. The van der Waals surface area contributed by atoms with Crippen LogP contribution in [0.5, 0.6) is 0 Å². The van der Waals surface area contributed by atoms with E-state index < -0.39 is 0 Å². The lowest BCUT2D eigenvalue weighted by Crippen LogP contribution is -1.86. The number of carbonyl (C=O) groups is 1. The maximum absolute atomic E-state index is 10.2. The number of hydrogen-bond acceptors (Lipinski definition) is 1. The van der Waals surface area contributed by atoms with Crippen molar-refractivity contribution in [2.45, 2.75) is 0 Å². The van der Waals surface area contributed by atoms with Crippen LogP contribution in [0.3, 0.4) is 0 Å². The molecule has 0 aromatic heterocycles. The maximum Gasteiger partial charge on any atom is 0.195 e. The minimum Gasteiger partial charge on any atom is -0.288 e. The van der Waals surface area contributed by atoms with Crippen molar-refractivity contribution < 1.29 is 4.79 Å². The van der Waals surface area contributed by atoms with Gasteiger partial charge in [-0.15, -0.1) is 0 Å². The molecule has 0 N–H and O–H groups in total. The number of hydrogen-bond donors (Lipinski definition) is 0. The SMILES string of the molecule is C=CC(=O)C(=C)Cl. The summed E-state index contributed by atoms with van der Waals surface area (Å²) in [6, 6.07) is 0. The molecule has 0 radical (unpaired) electrons. The molecule has 1 nitrogen and oxygen atoms in total. The van der Waals surface area contributed by atoms with Crippen LogP contribution < -0.4 is 0 Å². The second-order valence-corrected chi connectivity index (χ2v) is 1.43. The van der Waals surface area contributed by atoms with E-state index in [1.54, 1.807) is 0 Å². The van der Waals surface area contributed by atoms with Crippen LogP contribution in [-0.2, 0) is 4.79 Å². The molecule has 0 aliphatic rings. The van der Waals surface area contributed by atoms with Crippen molar-refractivity contribution in [3.05, 3.63) is 24.3 Å². The predicted molar refractivity (Wildman–Crippen MR) is 30.2 cm³/mol. The van der Waals surface area contributed by atoms with Crippen LogP contribution in [0.15, 0.2) is 24.3 Å². The fourth-order valence-corrected chi connectivity index (χ4v) is 0.188. The molecule has 0 aromatic carbocycles. The van der Waals surface area contributed by atoms with Gasteiger partial charge in [-0.1, -0.05) is 24.8 Å². The summed E-state index contributed by atoms with van der Waals surface area (Å²) in [5, 5.41) is 0.00926. The summed E-state index contributed by atoms with van der Waals surface area (Å²) in [5.41, 5.74) is 0. The van der Waals surface area contributed by atoms with E-state index in [9.17, 15) is 4.79 Å². The number of rotatable bonds is 2. The van der Waals surface area contributed by atoms with Gasteiger partial charge in [0.1, 0.15) is 0 Å². The lowest BCUT2D eigenvalue weighted by molar-refractivity contribution is -0.110. The minimum absolute atomic E-state index is 0.00926. The van der Waals surface area contributed by atoms with Crippen molar-refractivity contribution in [1.82, 2.24) is 0 Å². The van der Waals surface area contributed by atoms with Gasteiger partial charge in [-0.2, -0.15) is 0 Å². The van der Waals surface area contributed by atoms with Crippen LogP contribution in [0, 0.1) is 0 Å². The lowest BCUT2D eigenvalue weighted by atomic mass is 10.4. The molecule has 2 heteroatoms. The zero-order valence-corrected chi connectivity index (χ0v) is 4.53. The van der Waals surface area contributed by atoms with Crippen LogP contribution in [0.1, 0.15) is 0 Å². The van der Waals surface area contributed by atoms with Gasteiger partial charge in [0.15, 0.2) is 5.78 Å². The van der Waals surface area contributed by atoms with Gasteiger partial charge in [-0.3, -0.25) is 4.79 Å². The van der Waals surface area contributed by atoms with Gasteiger partial charge in [0.05, 0.1) is 5.03 Å². The van der Waals surface area contributed by atoms with Crippen molar-refractivity contribution in [1.29, 1.82) is 0 Å². The first-order valence-electron chi connectivity index (χ1n) is 1.69. The zero-order valence-electron chi connectivity index (χ0n) is 3.78. The Morgan fingerprint density at radius 1 is 1.71 bits per heavy atom. The topological polar surface area (TPSA) is 17.1 Å². The van der Waals surface area contributed by atoms with E-state index in [4.69, 9.17) is 11.6 Å². The molecule has 0 rings (SSSR count). The Balaban J connectivity index is 3.81. The number of carbonyl (C=O) groups excluding carboxylic acids is 1.